The minimum Gasteiger partial charge on any atom is -0.481 e. The summed E-state index contributed by atoms with van der Waals surface area (Å²) >= 11 is 0. The van der Waals surface area contributed by atoms with Gasteiger partial charge in [-0.15, -0.1) is 6.42 Å². The van der Waals surface area contributed by atoms with Crippen LogP contribution in [0.5, 0.6) is 5.75 Å². The van der Waals surface area contributed by atoms with Crippen LogP contribution in [0.15, 0.2) is 30.3 Å². The van der Waals surface area contributed by atoms with Crippen molar-refractivity contribution in [1.29, 1.82) is 0 Å². The van der Waals surface area contributed by atoms with Gasteiger partial charge >= 0.3 is 0 Å². The number of ether oxygens (including phenoxy) is 1. The molecule has 0 unspecified atom stereocenters. The second-order valence-electron chi connectivity index (χ2n) is 1.81. The average molecular weight is 166 g/mol. The molecule has 0 aliphatic carbocycles. The van der Waals surface area contributed by atoms with Crippen LogP contribution < -0.4 is 4.74 Å². The summed E-state index contributed by atoms with van der Waals surface area (Å²) in [5.74, 6) is 3.21. The van der Waals surface area contributed by atoms with Gasteiger partial charge in [-0.2, -0.15) is 0 Å². The van der Waals surface area contributed by atoms with E-state index >= 15 is 0 Å². The van der Waals surface area contributed by atoms with Crippen LogP contribution in [0.2, 0.25) is 0 Å². The van der Waals surface area contributed by atoms with E-state index in [1.807, 2.05) is 30.3 Å². The van der Waals surface area contributed by atoms with Gasteiger partial charge in [0.05, 0.1) is 7.18 Å². The number of para-hydroxylation sites is 1. The van der Waals surface area contributed by atoms with Gasteiger partial charge in [-0.3, -0.25) is 4.39 Å². The fourth-order valence-corrected chi connectivity index (χ4v) is 0.642. The summed E-state index contributed by atoms with van der Waals surface area (Å²) in [5, 5.41) is 0. The van der Waals surface area contributed by atoms with E-state index in [1.165, 1.54) is 0 Å². The summed E-state index contributed by atoms with van der Waals surface area (Å²) in [7, 11) is 0.500. The van der Waals surface area contributed by atoms with Crippen molar-refractivity contribution in [3.63, 3.8) is 0 Å². The van der Waals surface area contributed by atoms with Crippen LogP contribution in [-0.2, 0) is 0 Å². The molecule has 64 valence electrons. The molecular formula is C10H11FO. The summed E-state index contributed by atoms with van der Waals surface area (Å²) in [6.07, 6.45) is 5.00. The van der Waals surface area contributed by atoms with Crippen molar-refractivity contribution < 1.29 is 9.13 Å². The molecular weight excluding hydrogens is 155 g/mol. The van der Waals surface area contributed by atoms with E-state index in [0.29, 0.717) is 13.8 Å². The minimum absolute atomic E-state index is 0.337. The molecule has 1 aromatic rings. The summed E-state index contributed by atoms with van der Waals surface area (Å²) in [5.41, 5.74) is 0. The maximum atomic E-state index is 9.50. The molecule has 0 saturated heterocycles. The van der Waals surface area contributed by atoms with Gasteiger partial charge in [-0.25, -0.2) is 0 Å². The van der Waals surface area contributed by atoms with E-state index in [2.05, 4.69) is 5.92 Å². The Morgan fingerprint density at radius 1 is 1.33 bits per heavy atom. The third-order valence-electron chi connectivity index (χ3n) is 1.07. The van der Waals surface area contributed by atoms with Crippen molar-refractivity contribution >= 4 is 0 Å². The molecule has 0 radical (unpaired) electrons. The third kappa shape index (κ3) is 4.35. The van der Waals surface area contributed by atoms with Gasteiger partial charge in [0, 0.05) is 0 Å². The van der Waals surface area contributed by atoms with Crippen LogP contribution in [0.3, 0.4) is 0 Å². The van der Waals surface area contributed by atoms with Crippen LogP contribution in [0, 0.1) is 12.3 Å². The highest BCUT2D eigenvalue weighted by Gasteiger charge is 1.85. The monoisotopic (exact) mass is 166 g/mol. The maximum absolute atomic E-state index is 9.50. The Hall–Kier alpha value is -1.49. The van der Waals surface area contributed by atoms with E-state index in [1.54, 1.807) is 0 Å². The predicted molar refractivity (Wildman–Crippen MR) is 47.8 cm³/mol. The number of benzene rings is 1. The lowest BCUT2D eigenvalue weighted by molar-refractivity contribution is 0.370. The van der Waals surface area contributed by atoms with Gasteiger partial charge in [0.25, 0.3) is 0 Å². The fourth-order valence-electron chi connectivity index (χ4n) is 0.642. The second-order valence-corrected chi connectivity index (χ2v) is 1.81. The first-order chi connectivity index (χ1) is 5.93. The number of hydrogen-bond acceptors (Lipinski definition) is 1. The summed E-state index contributed by atoms with van der Waals surface area (Å²) in [4.78, 5) is 0. The predicted octanol–water partition coefficient (Wildman–Crippen LogP) is 2.28. The molecule has 0 aliphatic heterocycles. The van der Waals surface area contributed by atoms with Crippen LogP contribution in [0.25, 0.3) is 0 Å². The summed E-state index contributed by atoms with van der Waals surface area (Å²) in [6.45, 7) is 0.337. The summed E-state index contributed by atoms with van der Waals surface area (Å²) < 4.78 is 14.6. The smallest absolute Gasteiger partial charge is 0.148 e. The average Bonchev–Trinajstić information content (AvgIpc) is 2.19. The third-order valence-corrected chi connectivity index (χ3v) is 1.07. The first-order valence-corrected chi connectivity index (χ1v) is 3.42. The van der Waals surface area contributed by atoms with E-state index in [0.717, 1.165) is 5.75 Å². The lowest BCUT2D eigenvalue weighted by Crippen LogP contribution is -1.91. The zero-order chi connectivity index (χ0) is 9.23. The van der Waals surface area contributed by atoms with Crippen molar-refractivity contribution in [1.82, 2.24) is 0 Å². The Bertz CT molecular complexity index is 225. The van der Waals surface area contributed by atoms with Gasteiger partial charge in [0.15, 0.2) is 0 Å². The second kappa shape index (κ2) is 7.62. The Kier molecular flexibility index (Phi) is 6.67. The van der Waals surface area contributed by atoms with Crippen molar-refractivity contribution in [2.75, 3.05) is 13.8 Å². The van der Waals surface area contributed by atoms with Crippen LogP contribution in [0.1, 0.15) is 0 Å². The molecule has 0 aromatic heterocycles. The molecule has 2 heteroatoms. The van der Waals surface area contributed by atoms with Gasteiger partial charge < -0.3 is 4.74 Å². The van der Waals surface area contributed by atoms with Gasteiger partial charge in [-0.05, 0) is 12.1 Å². The molecule has 0 spiro atoms. The number of rotatable bonds is 2. The lowest BCUT2D eigenvalue weighted by atomic mass is 10.3. The highest BCUT2D eigenvalue weighted by molar-refractivity contribution is 5.21. The number of hydrogen-bond donors (Lipinski definition) is 0. The maximum Gasteiger partial charge on any atom is 0.148 e. The van der Waals surface area contributed by atoms with Gasteiger partial charge in [-0.1, -0.05) is 24.1 Å². The Labute approximate surface area is 72.2 Å². The van der Waals surface area contributed by atoms with Crippen molar-refractivity contribution in [2.45, 2.75) is 0 Å². The van der Waals surface area contributed by atoms with Crippen molar-refractivity contribution in [3.05, 3.63) is 30.3 Å². The topological polar surface area (TPSA) is 9.23 Å². The minimum atomic E-state index is 0.337. The van der Waals surface area contributed by atoms with Gasteiger partial charge in [0.2, 0.25) is 0 Å². The molecule has 0 saturated carbocycles. The Morgan fingerprint density at radius 3 is 2.42 bits per heavy atom. The number of halogens is 1. The number of terminal acetylenes is 1. The van der Waals surface area contributed by atoms with E-state index in [-0.39, 0.29) is 0 Å². The molecule has 0 N–H and O–H groups in total. The molecule has 0 amide bonds. The van der Waals surface area contributed by atoms with E-state index in [4.69, 9.17) is 11.2 Å². The van der Waals surface area contributed by atoms with Crippen LogP contribution >= 0.6 is 0 Å². The lowest BCUT2D eigenvalue weighted by Gasteiger charge is -1.98. The normalized spacial score (nSPS) is 7.42. The largest absolute Gasteiger partial charge is 0.481 e. The van der Waals surface area contributed by atoms with E-state index in [9.17, 15) is 4.39 Å². The highest BCUT2D eigenvalue weighted by Crippen LogP contribution is 2.06. The van der Waals surface area contributed by atoms with Crippen molar-refractivity contribution in [3.8, 4) is 18.1 Å². The molecule has 0 heterocycles. The van der Waals surface area contributed by atoms with Crippen LogP contribution in [0.4, 0.5) is 4.39 Å². The fraction of sp³-hybridized carbons (Fsp3) is 0.200. The summed E-state index contributed by atoms with van der Waals surface area (Å²) in [6, 6.07) is 9.50. The number of alkyl halides is 1. The Morgan fingerprint density at radius 2 is 1.92 bits per heavy atom. The molecule has 12 heavy (non-hydrogen) atoms. The van der Waals surface area contributed by atoms with Gasteiger partial charge in [0.1, 0.15) is 12.4 Å². The standard InChI is InChI=1S/C9H8O.CH3F/c1-2-8-10-9-6-4-3-5-7-9;1-2/h1,3-7H,8H2;1H3. The highest BCUT2D eigenvalue weighted by atomic mass is 19.1. The molecule has 1 rings (SSSR count). The molecule has 0 bridgehead atoms. The Balaban J connectivity index is 0.000000561. The zero-order valence-corrected chi connectivity index (χ0v) is 6.96. The molecule has 1 nitrogen and oxygen atoms in total. The first-order valence-electron chi connectivity index (χ1n) is 3.42. The van der Waals surface area contributed by atoms with E-state index < -0.39 is 0 Å². The molecule has 0 atom stereocenters. The SMILES string of the molecule is C#CCOc1ccccc1.CF. The van der Waals surface area contributed by atoms with Crippen LogP contribution in [-0.4, -0.2) is 13.8 Å². The first kappa shape index (κ1) is 10.5. The van der Waals surface area contributed by atoms with Crippen molar-refractivity contribution in [2.24, 2.45) is 0 Å². The zero-order valence-electron chi connectivity index (χ0n) is 6.96. The molecule has 0 aliphatic rings. The molecule has 0 fully saturated rings. The quantitative estimate of drug-likeness (QED) is 0.612. The molecule has 1 aromatic carbocycles.